The minimum atomic E-state index is 0.583. The number of nitrogens with zero attached hydrogens (tertiary/aromatic N) is 1. The Balaban J connectivity index is 2.34. The molecule has 0 aliphatic rings. The summed E-state index contributed by atoms with van der Waals surface area (Å²) in [5, 5.41) is 1.80. The molecule has 90 valence electrons. The molecular weight excluding hydrogens is 275 g/mol. The molecule has 2 rings (SSSR count). The van der Waals surface area contributed by atoms with Crippen molar-refractivity contribution in [1.82, 2.24) is 4.98 Å². The maximum atomic E-state index is 6.17. The molecule has 0 fully saturated rings. The van der Waals surface area contributed by atoms with Crippen molar-refractivity contribution in [3.05, 3.63) is 44.4 Å². The average molecular weight is 287 g/mol. The molecule has 0 atom stereocenters. The van der Waals surface area contributed by atoms with E-state index >= 15 is 0 Å². The molecule has 0 aliphatic heterocycles. The van der Waals surface area contributed by atoms with Crippen LogP contribution in [0, 0.1) is 0 Å². The highest BCUT2D eigenvalue weighted by Crippen LogP contribution is 2.30. The summed E-state index contributed by atoms with van der Waals surface area (Å²) >= 11 is 13.7. The monoisotopic (exact) mass is 286 g/mol. The summed E-state index contributed by atoms with van der Waals surface area (Å²) in [6.45, 7) is 2.07. The second-order valence-corrected chi connectivity index (χ2v) is 5.57. The first-order chi connectivity index (χ1) is 8.11. The van der Waals surface area contributed by atoms with Crippen molar-refractivity contribution in [2.45, 2.75) is 19.8 Å². The number of aromatic nitrogens is 1. The topological polar surface area (TPSA) is 38.9 Å². The third kappa shape index (κ3) is 2.73. The second kappa shape index (κ2) is 5.25. The van der Waals surface area contributed by atoms with Crippen LogP contribution in [0.3, 0.4) is 0 Å². The number of thiazole rings is 1. The summed E-state index contributed by atoms with van der Waals surface area (Å²) in [6, 6.07) is 5.66. The lowest BCUT2D eigenvalue weighted by molar-refractivity contribution is 1.02. The van der Waals surface area contributed by atoms with Crippen LogP contribution in [0.25, 0.3) is 0 Å². The summed E-state index contributed by atoms with van der Waals surface area (Å²) in [4.78, 5) is 5.46. The van der Waals surface area contributed by atoms with Gasteiger partial charge in [-0.1, -0.05) is 42.3 Å². The van der Waals surface area contributed by atoms with E-state index in [1.807, 2.05) is 12.1 Å². The van der Waals surface area contributed by atoms with Gasteiger partial charge in [-0.25, -0.2) is 4.98 Å². The molecule has 5 heteroatoms. The Morgan fingerprint density at radius 3 is 2.82 bits per heavy atom. The lowest BCUT2D eigenvalue weighted by Gasteiger charge is -2.05. The number of benzene rings is 1. The van der Waals surface area contributed by atoms with Crippen LogP contribution in [0.1, 0.15) is 23.1 Å². The molecule has 1 aromatic carbocycles. The number of hydrogen-bond acceptors (Lipinski definition) is 3. The highest BCUT2D eigenvalue weighted by atomic mass is 35.5. The smallest absolute Gasteiger partial charge is 0.180 e. The quantitative estimate of drug-likeness (QED) is 0.919. The predicted molar refractivity (Wildman–Crippen MR) is 75.2 cm³/mol. The summed E-state index contributed by atoms with van der Waals surface area (Å²) in [5.74, 6) is 0. The van der Waals surface area contributed by atoms with Crippen molar-refractivity contribution >= 4 is 39.7 Å². The molecule has 0 bridgehead atoms. The van der Waals surface area contributed by atoms with Gasteiger partial charge >= 0.3 is 0 Å². The van der Waals surface area contributed by atoms with Gasteiger partial charge in [0, 0.05) is 11.3 Å². The lowest BCUT2D eigenvalue weighted by Crippen LogP contribution is -1.92. The normalized spacial score (nSPS) is 10.8. The molecule has 1 heterocycles. The average Bonchev–Trinajstić information content (AvgIpc) is 2.65. The van der Waals surface area contributed by atoms with Gasteiger partial charge in [0.05, 0.1) is 15.7 Å². The van der Waals surface area contributed by atoms with E-state index in [9.17, 15) is 0 Å². The third-order valence-corrected chi connectivity index (χ3v) is 4.30. The van der Waals surface area contributed by atoms with Crippen LogP contribution in [0.5, 0.6) is 0 Å². The SMILES string of the molecule is CCc1nc(N)sc1Cc1cccc(Cl)c1Cl. The summed E-state index contributed by atoms with van der Waals surface area (Å²) in [6.07, 6.45) is 1.61. The molecule has 0 radical (unpaired) electrons. The van der Waals surface area contributed by atoms with Gasteiger partial charge in [0.1, 0.15) is 0 Å². The fraction of sp³-hybridized carbons (Fsp3) is 0.250. The first kappa shape index (κ1) is 12.7. The zero-order valence-corrected chi connectivity index (χ0v) is 11.7. The largest absolute Gasteiger partial charge is 0.375 e. The number of aryl methyl sites for hydroxylation is 1. The van der Waals surface area contributed by atoms with Gasteiger partial charge in [0.25, 0.3) is 0 Å². The van der Waals surface area contributed by atoms with Gasteiger partial charge < -0.3 is 5.73 Å². The van der Waals surface area contributed by atoms with E-state index in [0.29, 0.717) is 15.2 Å². The van der Waals surface area contributed by atoms with Crippen LogP contribution in [-0.2, 0) is 12.8 Å². The standard InChI is InChI=1S/C12H12Cl2N2S/c1-2-9-10(17-12(15)16-9)6-7-4-3-5-8(13)11(7)14/h3-5H,2,6H2,1H3,(H2,15,16). The molecule has 2 aromatic rings. The zero-order valence-electron chi connectivity index (χ0n) is 9.34. The first-order valence-electron chi connectivity index (χ1n) is 5.28. The number of halogens is 2. The number of rotatable bonds is 3. The Kier molecular flexibility index (Phi) is 3.92. The van der Waals surface area contributed by atoms with Crippen molar-refractivity contribution in [1.29, 1.82) is 0 Å². The van der Waals surface area contributed by atoms with Crippen molar-refractivity contribution in [2.75, 3.05) is 5.73 Å². The molecule has 2 nitrogen and oxygen atoms in total. The Morgan fingerprint density at radius 1 is 1.35 bits per heavy atom. The van der Waals surface area contributed by atoms with Crippen LogP contribution in [-0.4, -0.2) is 4.98 Å². The van der Waals surface area contributed by atoms with Crippen molar-refractivity contribution in [2.24, 2.45) is 0 Å². The zero-order chi connectivity index (χ0) is 12.4. The highest BCUT2D eigenvalue weighted by Gasteiger charge is 2.11. The van der Waals surface area contributed by atoms with E-state index in [0.717, 1.165) is 29.0 Å². The Morgan fingerprint density at radius 2 is 2.12 bits per heavy atom. The van der Waals surface area contributed by atoms with Crippen LogP contribution < -0.4 is 5.73 Å². The van der Waals surface area contributed by atoms with Crippen molar-refractivity contribution < 1.29 is 0 Å². The number of hydrogen-bond donors (Lipinski definition) is 1. The first-order valence-corrected chi connectivity index (χ1v) is 6.86. The fourth-order valence-corrected chi connectivity index (χ4v) is 3.01. The molecular formula is C12H12Cl2N2S. The second-order valence-electron chi connectivity index (χ2n) is 3.67. The van der Waals surface area contributed by atoms with Gasteiger partial charge in [-0.15, -0.1) is 11.3 Å². The lowest BCUT2D eigenvalue weighted by atomic mass is 10.1. The number of anilines is 1. The van der Waals surface area contributed by atoms with Crippen molar-refractivity contribution in [3.8, 4) is 0 Å². The van der Waals surface area contributed by atoms with Crippen LogP contribution >= 0.6 is 34.5 Å². The third-order valence-electron chi connectivity index (χ3n) is 2.51. The van der Waals surface area contributed by atoms with Gasteiger partial charge in [-0.3, -0.25) is 0 Å². The van der Waals surface area contributed by atoms with E-state index in [1.165, 1.54) is 11.3 Å². The molecule has 0 aliphatic carbocycles. The maximum Gasteiger partial charge on any atom is 0.180 e. The molecule has 0 saturated heterocycles. The highest BCUT2D eigenvalue weighted by molar-refractivity contribution is 7.15. The van der Waals surface area contributed by atoms with E-state index in [-0.39, 0.29) is 0 Å². The number of nitrogen functional groups attached to an aromatic ring is 1. The van der Waals surface area contributed by atoms with Crippen LogP contribution in [0.15, 0.2) is 18.2 Å². The minimum absolute atomic E-state index is 0.583. The Labute approximate surface area is 114 Å². The molecule has 0 unspecified atom stereocenters. The molecule has 1 aromatic heterocycles. The van der Waals surface area contributed by atoms with Crippen LogP contribution in [0.4, 0.5) is 5.13 Å². The summed E-state index contributed by atoms with van der Waals surface area (Å²) in [5.41, 5.74) is 7.78. The van der Waals surface area contributed by atoms with Crippen molar-refractivity contribution in [3.63, 3.8) is 0 Å². The summed E-state index contributed by atoms with van der Waals surface area (Å²) in [7, 11) is 0. The van der Waals surface area contributed by atoms with Gasteiger partial charge in [0.15, 0.2) is 5.13 Å². The van der Waals surface area contributed by atoms with Gasteiger partial charge in [-0.2, -0.15) is 0 Å². The Hall–Kier alpha value is -0.770. The maximum absolute atomic E-state index is 6.17. The molecule has 17 heavy (non-hydrogen) atoms. The molecule has 0 saturated carbocycles. The summed E-state index contributed by atoms with van der Waals surface area (Å²) < 4.78 is 0. The van der Waals surface area contributed by atoms with E-state index in [1.54, 1.807) is 6.07 Å². The molecule has 0 amide bonds. The Bertz CT molecular complexity index is 537. The van der Waals surface area contributed by atoms with E-state index in [4.69, 9.17) is 28.9 Å². The van der Waals surface area contributed by atoms with E-state index < -0.39 is 0 Å². The fourth-order valence-electron chi connectivity index (χ4n) is 1.68. The van der Waals surface area contributed by atoms with Gasteiger partial charge in [0.2, 0.25) is 0 Å². The number of nitrogens with two attached hydrogens (primary N) is 1. The van der Waals surface area contributed by atoms with Gasteiger partial charge in [-0.05, 0) is 18.1 Å². The van der Waals surface area contributed by atoms with Crippen LogP contribution in [0.2, 0.25) is 10.0 Å². The predicted octanol–water partition coefficient (Wildman–Crippen LogP) is 4.19. The molecule has 2 N–H and O–H groups in total. The molecule has 0 spiro atoms. The van der Waals surface area contributed by atoms with E-state index in [2.05, 4.69) is 11.9 Å². The minimum Gasteiger partial charge on any atom is -0.375 e.